The molecule has 0 fully saturated rings. The Morgan fingerprint density at radius 1 is 1.53 bits per heavy atom. The van der Waals surface area contributed by atoms with Crippen LogP contribution in [0.3, 0.4) is 0 Å². The highest BCUT2D eigenvalue weighted by molar-refractivity contribution is 5.69. The lowest BCUT2D eigenvalue weighted by Crippen LogP contribution is -2.04. The summed E-state index contributed by atoms with van der Waals surface area (Å²) in [7, 11) is 1.90. The summed E-state index contributed by atoms with van der Waals surface area (Å²) in [4.78, 5) is 14.9. The molecule has 0 saturated heterocycles. The van der Waals surface area contributed by atoms with E-state index in [9.17, 15) is 4.79 Å². The van der Waals surface area contributed by atoms with Crippen molar-refractivity contribution in [3.63, 3.8) is 0 Å². The third-order valence-electron chi connectivity index (χ3n) is 2.55. The largest absolute Gasteiger partial charge is 0.481 e. The van der Waals surface area contributed by atoms with Crippen molar-refractivity contribution in [3.8, 4) is 0 Å². The molecule has 92 valence electrons. The predicted octanol–water partition coefficient (Wildman–Crippen LogP) is 0.893. The van der Waals surface area contributed by atoms with Gasteiger partial charge in [-0.05, 0) is 5.92 Å². The second kappa shape index (κ2) is 4.20. The Labute approximate surface area is 98.9 Å². The number of aryl methyl sites for hydroxylation is 1. The summed E-state index contributed by atoms with van der Waals surface area (Å²) in [6.45, 7) is 4.26. The summed E-state index contributed by atoms with van der Waals surface area (Å²) >= 11 is 0. The maximum atomic E-state index is 10.6. The molecule has 0 radical (unpaired) electrons. The van der Waals surface area contributed by atoms with Crippen LogP contribution < -0.4 is 0 Å². The van der Waals surface area contributed by atoms with E-state index in [2.05, 4.69) is 23.9 Å². The minimum atomic E-state index is -0.879. The van der Waals surface area contributed by atoms with Crippen molar-refractivity contribution in [1.29, 1.82) is 0 Å². The number of carbonyl (C=O) groups is 1. The van der Waals surface area contributed by atoms with Crippen LogP contribution in [0, 0.1) is 5.92 Å². The molecule has 6 heteroatoms. The van der Waals surface area contributed by atoms with E-state index in [0.29, 0.717) is 17.4 Å². The molecule has 6 nitrogen and oxygen atoms in total. The summed E-state index contributed by atoms with van der Waals surface area (Å²) < 4.78 is 3.56. The Bertz CT molecular complexity index is 553. The standard InChI is InChI=1S/C11H16N4O2/c1-7(2)4-9-13-15-6-8(5-10(16)17)12-11(15)14(9)3/h6-7H,4-5H2,1-3H3,(H,16,17). The highest BCUT2D eigenvalue weighted by Crippen LogP contribution is 2.11. The fourth-order valence-corrected chi connectivity index (χ4v) is 1.80. The predicted molar refractivity (Wildman–Crippen MR) is 61.8 cm³/mol. The van der Waals surface area contributed by atoms with Gasteiger partial charge in [0.25, 0.3) is 0 Å². The van der Waals surface area contributed by atoms with Crippen LogP contribution in [0.5, 0.6) is 0 Å². The number of aliphatic carboxylic acids is 1. The van der Waals surface area contributed by atoms with Gasteiger partial charge >= 0.3 is 5.97 Å². The fourth-order valence-electron chi connectivity index (χ4n) is 1.80. The molecule has 0 unspecified atom stereocenters. The number of hydrogen-bond acceptors (Lipinski definition) is 3. The molecule has 0 aliphatic heterocycles. The zero-order chi connectivity index (χ0) is 12.6. The first-order valence-corrected chi connectivity index (χ1v) is 5.59. The monoisotopic (exact) mass is 236 g/mol. The van der Waals surface area contributed by atoms with Gasteiger partial charge in [0, 0.05) is 13.5 Å². The fraction of sp³-hybridized carbons (Fsp3) is 0.545. The third-order valence-corrected chi connectivity index (χ3v) is 2.55. The van der Waals surface area contributed by atoms with E-state index in [1.54, 1.807) is 10.7 Å². The van der Waals surface area contributed by atoms with Crippen LogP contribution in [0.4, 0.5) is 0 Å². The van der Waals surface area contributed by atoms with Crippen molar-refractivity contribution in [1.82, 2.24) is 19.2 Å². The molecule has 2 aromatic heterocycles. The SMILES string of the molecule is CC(C)Cc1nn2cc(CC(=O)O)nc2n1C. The van der Waals surface area contributed by atoms with Gasteiger partial charge < -0.3 is 9.67 Å². The van der Waals surface area contributed by atoms with E-state index >= 15 is 0 Å². The minimum absolute atomic E-state index is 0.0666. The lowest BCUT2D eigenvalue weighted by molar-refractivity contribution is -0.136. The van der Waals surface area contributed by atoms with Crippen molar-refractivity contribution in [3.05, 3.63) is 17.7 Å². The smallest absolute Gasteiger partial charge is 0.309 e. The molecular weight excluding hydrogens is 220 g/mol. The van der Waals surface area contributed by atoms with Gasteiger partial charge in [-0.15, -0.1) is 0 Å². The molecule has 2 aromatic rings. The van der Waals surface area contributed by atoms with Crippen LogP contribution in [-0.4, -0.2) is 30.2 Å². The summed E-state index contributed by atoms with van der Waals surface area (Å²) in [5.74, 6) is 1.30. The lowest BCUT2D eigenvalue weighted by Gasteiger charge is -2.02. The van der Waals surface area contributed by atoms with Gasteiger partial charge in [-0.2, -0.15) is 5.10 Å². The van der Waals surface area contributed by atoms with Gasteiger partial charge in [-0.25, -0.2) is 9.50 Å². The van der Waals surface area contributed by atoms with Gasteiger partial charge in [0.2, 0.25) is 5.78 Å². The Kier molecular flexibility index (Phi) is 2.87. The van der Waals surface area contributed by atoms with Crippen LogP contribution in [0.15, 0.2) is 6.20 Å². The van der Waals surface area contributed by atoms with E-state index in [1.165, 1.54) is 0 Å². The average Bonchev–Trinajstić information content (AvgIpc) is 2.67. The molecule has 0 atom stereocenters. The number of aromatic nitrogens is 4. The van der Waals surface area contributed by atoms with E-state index in [4.69, 9.17) is 5.11 Å². The van der Waals surface area contributed by atoms with E-state index in [-0.39, 0.29) is 6.42 Å². The van der Waals surface area contributed by atoms with Crippen LogP contribution in [0.25, 0.3) is 5.78 Å². The molecule has 0 spiro atoms. The number of fused-ring (bicyclic) bond motifs is 1. The van der Waals surface area contributed by atoms with Crippen LogP contribution in [-0.2, 0) is 24.7 Å². The number of imidazole rings is 1. The van der Waals surface area contributed by atoms with Gasteiger partial charge in [0.05, 0.1) is 18.3 Å². The lowest BCUT2D eigenvalue weighted by atomic mass is 10.1. The molecular formula is C11H16N4O2. The molecule has 0 amide bonds. The molecule has 0 aliphatic carbocycles. The number of hydrogen-bond donors (Lipinski definition) is 1. The Morgan fingerprint density at radius 2 is 2.24 bits per heavy atom. The first-order chi connectivity index (χ1) is 7.97. The molecule has 0 aliphatic rings. The van der Waals surface area contributed by atoms with Crippen LogP contribution in [0.2, 0.25) is 0 Å². The van der Waals surface area contributed by atoms with E-state index < -0.39 is 5.97 Å². The average molecular weight is 236 g/mol. The topological polar surface area (TPSA) is 72.4 Å². The Morgan fingerprint density at radius 3 is 2.76 bits per heavy atom. The van der Waals surface area contributed by atoms with Crippen molar-refractivity contribution in [2.24, 2.45) is 13.0 Å². The second-order valence-corrected chi connectivity index (χ2v) is 4.62. The summed E-state index contributed by atoms with van der Waals surface area (Å²) in [6, 6.07) is 0. The van der Waals surface area contributed by atoms with E-state index in [1.807, 2.05) is 11.6 Å². The normalized spacial score (nSPS) is 11.5. The number of nitrogens with zero attached hydrogens (tertiary/aromatic N) is 4. The minimum Gasteiger partial charge on any atom is -0.481 e. The molecule has 0 saturated carbocycles. The zero-order valence-electron chi connectivity index (χ0n) is 10.2. The van der Waals surface area contributed by atoms with Crippen molar-refractivity contribution in [2.45, 2.75) is 26.7 Å². The Balaban J connectivity index is 2.35. The first kappa shape index (κ1) is 11.6. The molecule has 2 heterocycles. The summed E-state index contributed by atoms with van der Waals surface area (Å²) in [5.41, 5.74) is 0.534. The highest BCUT2D eigenvalue weighted by atomic mass is 16.4. The van der Waals surface area contributed by atoms with Crippen molar-refractivity contribution < 1.29 is 9.90 Å². The summed E-state index contributed by atoms with van der Waals surface area (Å²) in [6.07, 6.45) is 2.49. The third kappa shape index (κ3) is 2.30. The van der Waals surface area contributed by atoms with Gasteiger partial charge in [0.15, 0.2) is 0 Å². The molecule has 0 bridgehead atoms. The molecule has 17 heavy (non-hydrogen) atoms. The molecule has 2 rings (SSSR count). The van der Waals surface area contributed by atoms with Gasteiger partial charge in [0.1, 0.15) is 5.82 Å². The Hall–Kier alpha value is -1.85. The number of carboxylic acids is 1. The van der Waals surface area contributed by atoms with E-state index in [0.717, 1.165) is 12.2 Å². The van der Waals surface area contributed by atoms with Gasteiger partial charge in [-0.1, -0.05) is 13.8 Å². The van der Waals surface area contributed by atoms with Crippen LogP contribution >= 0.6 is 0 Å². The number of rotatable bonds is 4. The van der Waals surface area contributed by atoms with Crippen molar-refractivity contribution >= 4 is 11.7 Å². The maximum absolute atomic E-state index is 10.6. The van der Waals surface area contributed by atoms with Crippen molar-refractivity contribution in [2.75, 3.05) is 0 Å². The molecule has 0 aromatic carbocycles. The molecule has 1 N–H and O–H groups in total. The maximum Gasteiger partial charge on any atom is 0.309 e. The number of carboxylic acid groups (broad SMARTS) is 1. The summed E-state index contributed by atoms with van der Waals surface area (Å²) in [5, 5.41) is 13.1. The van der Waals surface area contributed by atoms with Gasteiger partial charge in [-0.3, -0.25) is 4.79 Å². The van der Waals surface area contributed by atoms with Crippen LogP contribution in [0.1, 0.15) is 25.4 Å². The second-order valence-electron chi connectivity index (χ2n) is 4.62. The zero-order valence-corrected chi connectivity index (χ0v) is 10.2. The quantitative estimate of drug-likeness (QED) is 0.855. The first-order valence-electron chi connectivity index (χ1n) is 5.59. The highest BCUT2D eigenvalue weighted by Gasteiger charge is 2.13.